The maximum atomic E-state index is 11.5. The fourth-order valence-electron chi connectivity index (χ4n) is 1.58. The summed E-state index contributed by atoms with van der Waals surface area (Å²) < 4.78 is 0. The molecular formula is C9H14N4O. The van der Waals surface area contributed by atoms with Gasteiger partial charge in [0.1, 0.15) is 0 Å². The van der Waals surface area contributed by atoms with Gasteiger partial charge in [-0.05, 0) is 12.8 Å². The first-order valence-corrected chi connectivity index (χ1v) is 4.86. The summed E-state index contributed by atoms with van der Waals surface area (Å²) in [6.07, 6.45) is 5.57. The van der Waals surface area contributed by atoms with Gasteiger partial charge in [-0.15, -0.1) is 0 Å². The molecule has 0 radical (unpaired) electrons. The lowest BCUT2D eigenvalue weighted by atomic mass is 10.4. The topological polar surface area (TPSA) is 61.0 Å². The molecule has 0 aliphatic carbocycles. The molecule has 1 aromatic heterocycles. The summed E-state index contributed by atoms with van der Waals surface area (Å²) in [6.45, 7) is 2.29. The maximum absolute atomic E-state index is 11.5. The van der Waals surface area contributed by atoms with Crippen molar-refractivity contribution in [1.29, 1.82) is 0 Å². The lowest BCUT2D eigenvalue weighted by molar-refractivity contribution is 0.208. The van der Waals surface area contributed by atoms with Gasteiger partial charge < -0.3 is 15.2 Å². The van der Waals surface area contributed by atoms with Crippen LogP contribution in [0.5, 0.6) is 0 Å². The van der Waals surface area contributed by atoms with E-state index in [2.05, 4.69) is 15.3 Å². The van der Waals surface area contributed by atoms with E-state index in [0.29, 0.717) is 6.54 Å². The van der Waals surface area contributed by atoms with E-state index >= 15 is 0 Å². The first-order valence-electron chi connectivity index (χ1n) is 4.86. The average Bonchev–Trinajstić information content (AvgIpc) is 2.87. The van der Waals surface area contributed by atoms with Crippen LogP contribution >= 0.6 is 0 Å². The molecule has 1 aromatic rings. The molecule has 5 heteroatoms. The van der Waals surface area contributed by atoms with Crippen LogP contribution in [0.15, 0.2) is 12.5 Å². The van der Waals surface area contributed by atoms with Crippen molar-refractivity contribution in [3.8, 4) is 0 Å². The Balaban J connectivity index is 1.77. The number of urea groups is 1. The number of nitrogens with zero attached hydrogens (tertiary/aromatic N) is 2. The van der Waals surface area contributed by atoms with Crippen LogP contribution < -0.4 is 5.32 Å². The van der Waals surface area contributed by atoms with E-state index in [4.69, 9.17) is 0 Å². The highest BCUT2D eigenvalue weighted by atomic mass is 16.2. The van der Waals surface area contributed by atoms with Gasteiger partial charge in [0.05, 0.1) is 18.6 Å². The molecule has 1 aliphatic heterocycles. The van der Waals surface area contributed by atoms with Crippen LogP contribution in [0.4, 0.5) is 4.79 Å². The SMILES string of the molecule is O=C(NCc1cnc[nH]1)N1CCCC1. The molecule has 0 spiro atoms. The number of hydrogen-bond donors (Lipinski definition) is 2. The highest BCUT2D eigenvalue weighted by Crippen LogP contribution is 2.06. The van der Waals surface area contributed by atoms with Crippen LogP contribution in [0, 0.1) is 0 Å². The van der Waals surface area contributed by atoms with Crippen molar-refractivity contribution in [2.75, 3.05) is 13.1 Å². The molecule has 0 aromatic carbocycles. The quantitative estimate of drug-likeness (QED) is 0.728. The summed E-state index contributed by atoms with van der Waals surface area (Å²) in [6, 6.07) is 0.0251. The Bertz CT molecular complexity index is 290. The van der Waals surface area contributed by atoms with Crippen LogP contribution in [-0.4, -0.2) is 34.0 Å². The number of imidazole rings is 1. The Morgan fingerprint density at radius 1 is 1.57 bits per heavy atom. The predicted molar refractivity (Wildman–Crippen MR) is 51.6 cm³/mol. The number of rotatable bonds is 2. The standard InChI is InChI=1S/C9H14N4O/c14-9(13-3-1-2-4-13)11-6-8-5-10-7-12-8/h5,7H,1-4,6H2,(H,10,12)(H,11,14). The van der Waals surface area contributed by atoms with Gasteiger partial charge in [-0.25, -0.2) is 9.78 Å². The molecule has 0 bridgehead atoms. The van der Waals surface area contributed by atoms with Gasteiger partial charge in [-0.2, -0.15) is 0 Å². The molecule has 0 saturated carbocycles. The van der Waals surface area contributed by atoms with Crippen molar-refractivity contribution >= 4 is 6.03 Å². The smallest absolute Gasteiger partial charge is 0.317 e. The number of aromatic amines is 1. The molecule has 0 atom stereocenters. The first-order chi connectivity index (χ1) is 6.86. The van der Waals surface area contributed by atoms with Crippen LogP contribution in [0.1, 0.15) is 18.5 Å². The minimum atomic E-state index is 0.0251. The normalized spacial score (nSPS) is 15.9. The Morgan fingerprint density at radius 3 is 3.00 bits per heavy atom. The maximum Gasteiger partial charge on any atom is 0.317 e. The molecule has 76 valence electrons. The van der Waals surface area contributed by atoms with Crippen LogP contribution in [0.2, 0.25) is 0 Å². The van der Waals surface area contributed by atoms with E-state index in [1.165, 1.54) is 0 Å². The van der Waals surface area contributed by atoms with Crippen molar-refractivity contribution in [1.82, 2.24) is 20.2 Å². The van der Waals surface area contributed by atoms with Gasteiger partial charge in [0.15, 0.2) is 0 Å². The van der Waals surface area contributed by atoms with E-state index < -0.39 is 0 Å². The molecule has 2 N–H and O–H groups in total. The Hall–Kier alpha value is -1.52. The minimum Gasteiger partial charge on any atom is -0.347 e. The van der Waals surface area contributed by atoms with Crippen molar-refractivity contribution in [2.24, 2.45) is 0 Å². The lowest BCUT2D eigenvalue weighted by Crippen LogP contribution is -2.37. The second-order valence-corrected chi connectivity index (χ2v) is 3.43. The number of H-pyrrole nitrogens is 1. The number of carbonyl (C=O) groups excluding carboxylic acids is 1. The average molecular weight is 194 g/mol. The molecule has 5 nitrogen and oxygen atoms in total. The number of aromatic nitrogens is 2. The van der Waals surface area contributed by atoms with Crippen LogP contribution in [-0.2, 0) is 6.54 Å². The summed E-state index contributed by atoms with van der Waals surface area (Å²) in [5.74, 6) is 0. The summed E-state index contributed by atoms with van der Waals surface area (Å²) in [7, 11) is 0. The van der Waals surface area contributed by atoms with E-state index in [1.807, 2.05) is 4.90 Å². The number of likely N-dealkylation sites (tertiary alicyclic amines) is 1. The van der Waals surface area contributed by atoms with Gasteiger partial charge in [0.25, 0.3) is 0 Å². The summed E-state index contributed by atoms with van der Waals surface area (Å²) in [5, 5.41) is 2.84. The summed E-state index contributed by atoms with van der Waals surface area (Å²) >= 11 is 0. The van der Waals surface area contributed by atoms with Gasteiger partial charge in [-0.3, -0.25) is 0 Å². The molecular weight excluding hydrogens is 180 g/mol. The molecule has 1 fully saturated rings. The molecule has 0 unspecified atom stereocenters. The fourth-order valence-corrected chi connectivity index (χ4v) is 1.58. The zero-order chi connectivity index (χ0) is 9.80. The lowest BCUT2D eigenvalue weighted by Gasteiger charge is -2.15. The van der Waals surface area contributed by atoms with Gasteiger partial charge in [0, 0.05) is 19.3 Å². The number of nitrogens with one attached hydrogen (secondary N) is 2. The predicted octanol–water partition coefficient (Wildman–Crippen LogP) is 0.715. The molecule has 14 heavy (non-hydrogen) atoms. The molecule has 2 amide bonds. The zero-order valence-electron chi connectivity index (χ0n) is 7.99. The Kier molecular flexibility index (Phi) is 2.67. The summed E-state index contributed by atoms with van der Waals surface area (Å²) in [4.78, 5) is 20.2. The summed E-state index contributed by atoms with van der Waals surface area (Å²) in [5.41, 5.74) is 0.928. The van der Waals surface area contributed by atoms with Crippen molar-refractivity contribution in [3.63, 3.8) is 0 Å². The zero-order valence-corrected chi connectivity index (χ0v) is 7.99. The third kappa shape index (κ3) is 2.04. The van der Waals surface area contributed by atoms with E-state index in [0.717, 1.165) is 31.6 Å². The number of amides is 2. The van der Waals surface area contributed by atoms with E-state index in [-0.39, 0.29) is 6.03 Å². The second-order valence-electron chi connectivity index (χ2n) is 3.43. The van der Waals surface area contributed by atoms with E-state index in [9.17, 15) is 4.79 Å². The minimum absolute atomic E-state index is 0.0251. The molecule has 1 saturated heterocycles. The Morgan fingerprint density at radius 2 is 2.36 bits per heavy atom. The Labute approximate surface area is 82.5 Å². The molecule has 2 rings (SSSR count). The van der Waals surface area contributed by atoms with E-state index in [1.54, 1.807) is 12.5 Å². The highest BCUT2D eigenvalue weighted by molar-refractivity contribution is 5.74. The van der Waals surface area contributed by atoms with Gasteiger partial charge >= 0.3 is 6.03 Å². The monoisotopic (exact) mass is 194 g/mol. The third-order valence-corrected chi connectivity index (χ3v) is 2.38. The van der Waals surface area contributed by atoms with Gasteiger partial charge in [0.2, 0.25) is 0 Å². The third-order valence-electron chi connectivity index (χ3n) is 2.38. The van der Waals surface area contributed by atoms with Crippen LogP contribution in [0.3, 0.4) is 0 Å². The number of carbonyl (C=O) groups is 1. The van der Waals surface area contributed by atoms with Crippen molar-refractivity contribution < 1.29 is 4.79 Å². The number of hydrogen-bond acceptors (Lipinski definition) is 2. The first kappa shape index (κ1) is 9.05. The largest absolute Gasteiger partial charge is 0.347 e. The molecule has 1 aliphatic rings. The van der Waals surface area contributed by atoms with Crippen LogP contribution in [0.25, 0.3) is 0 Å². The fraction of sp³-hybridized carbons (Fsp3) is 0.556. The molecule has 2 heterocycles. The van der Waals surface area contributed by atoms with Gasteiger partial charge in [-0.1, -0.05) is 0 Å². The van der Waals surface area contributed by atoms with Crippen molar-refractivity contribution in [3.05, 3.63) is 18.2 Å². The van der Waals surface area contributed by atoms with Crippen molar-refractivity contribution in [2.45, 2.75) is 19.4 Å². The second kappa shape index (κ2) is 4.13. The highest BCUT2D eigenvalue weighted by Gasteiger charge is 2.16.